The fourth-order valence-corrected chi connectivity index (χ4v) is 2.94. The van der Waals surface area contributed by atoms with Gasteiger partial charge in [-0.25, -0.2) is 0 Å². The summed E-state index contributed by atoms with van der Waals surface area (Å²) in [7, 11) is 0. The molecule has 0 saturated heterocycles. The topological polar surface area (TPSA) is 48.6 Å². The van der Waals surface area contributed by atoms with Crippen LogP contribution >= 0.6 is 0 Å². The monoisotopic (exact) mass is 274 g/mol. The standard InChI is InChI=1S/C18H14N2O/c1-11-13-7-3-5-9-15(13)20-18(21)17(11)16-10-12-6-2-4-8-14(12)19-16/h2-10,19H,1H3,(H,20,21). The first kappa shape index (κ1) is 12.0. The van der Waals surface area contributed by atoms with Crippen LogP contribution in [0, 0.1) is 6.92 Å². The predicted octanol–water partition coefficient (Wildman–Crippen LogP) is 3.98. The molecule has 2 aromatic carbocycles. The maximum absolute atomic E-state index is 12.5. The minimum Gasteiger partial charge on any atom is -0.354 e. The number of aryl methyl sites for hydroxylation is 1. The molecule has 0 amide bonds. The van der Waals surface area contributed by atoms with Gasteiger partial charge in [0, 0.05) is 21.8 Å². The molecule has 0 spiro atoms. The van der Waals surface area contributed by atoms with E-state index in [4.69, 9.17) is 0 Å². The third-order valence-electron chi connectivity index (χ3n) is 3.98. The molecular formula is C18H14N2O. The number of nitrogens with one attached hydrogen (secondary N) is 2. The summed E-state index contributed by atoms with van der Waals surface area (Å²) in [4.78, 5) is 18.8. The molecule has 2 N–H and O–H groups in total. The second-order valence-corrected chi connectivity index (χ2v) is 5.27. The molecule has 3 heteroatoms. The molecule has 0 bridgehead atoms. The Morgan fingerprint density at radius 1 is 0.857 bits per heavy atom. The molecule has 0 radical (unpaired) electrons. The van der Waals surface area contributed by atoms with Crippen LogP contribution in [0.1, 0.15) is 5.56 Å². The Morgan fingerprint density at radius 2 is 1.57 bits per heavy atom. The number of hydrogen-bond acceptors (Lipinski definition) is 1. The van der Waals surface area contributed by atoms with E-state index in [1.807, 2.05) is 61.5 Å². The van der Waals surface area contributed by atoms with Gasteiger partial charge in [-0.15, -0.1) is 0 Å². The molecule has 0 unspecified atom stereocenters. The average molecular weight is 274 g/mol. The summed E-state index contributed by atoms with van der Waals surface area (Å²) >= 11 is 0. The molecule has 0 aliphatic carbocycles. The number of aromatic amines is 2. The second-order valence-electron chi connectivity index (χ2n) is 5.27. The Hall–Kier alpha value is -2.81. The zero-order chi connectivity index (χ0) is 14.4. The van der Waals surface area contributed by atoms with Crippen LogP contribution in [0.4, 0.5) is 0 Å². The average Bonchev–Trinajstić information content (AvgIpc) is 2.90. The fourth-order valence-electron chi connectivity index (χ4n) is 2.94. The number of para-hydroxylation sites is 2. The highest BCUT2D eigenvalue weighted by atomic mass is 16.1. The minimum atomic E-state index is -0.0576. The van der Waals surface area contributed by atoms with Crippen molar-refractivity contribution >= 4 is 21.8 Å². The quantitative estimate of drug-likeness (QED) is 0.542. The molecule has 0 aliphatic heterocycles. The molecule has 4 rings (SSSR count). The number of benzene rings is 2. The second kappa shape index (κ2) is 4.35. The lowest BCUT2D eigenvalue weighted by molar-refractivity contribution is 1.26. The fraction of sp³-hybridized carbons (Fsp3) is 0.0556. The van der Waals surface area contributed by atoms with Gasteiger partial charge >= 0.3 is 0 Å². The van der Waals surface area contributed by atoms with Crippen LogP contribution in [-0.2, 0) is 0 Å². The predicted molar refractivity (Wildman–Crippen MR) is 86.6 cm³/mol. The van der Waals surface area contributed by atoms with E-state index >= 15 is 0 Å². The summed E-state index contributed by atoms with van der Waals surface area (Å²) in [6.07, 6.45) is 0. The summed E-state index contributed by atoms with van der Waals surface area (Å²) < 4.78 is 0. The van der Waals surface area contributed by atoms with E-state index < -0.39 is 0 Å². The van der Waals surface area contributed by atoms with E-state index in [2.05, 4.69) is 9.97 Å². The van der Waals surface area contributed by atoms with Gasteiger partial charge in [0.25, 0.3) is 5.56 Å². The van der Waals surface area contributed by atoms with Crippen LogP contribution in [0.2, 0.25) is 0 Å². The lowest BCUT2D eigenvalue weighted by Crippen LogP contribution is -2.11. The number of aromatic nitrogens is 2. The number of H-pyrrole nitrogens is 2. The summed E-state index contributed by atoms with van der Waals surface area (Å²) in [5, 5.41) is 2.19. The molecule has 0 fully saturated rings. The molecule has 2 heterocycles. The normalized spacial score (nSPS) is 11.3. The number of pyridine rings is 1. The number of hydrogen-bond donors (Lipinski definition) is 2. The van der Waals surface area contributed by atoms with Crippen LogP contribution in [0.25, 0.3) is 33.1 Å². The van der Waals surface area contributed by atoms with Gasteiger partial charge in [-0.3, -0.25) is 4.79 Å². The summed E-state index contributed by atoms with van der Waals surface area (Å²) in [6, 6.07) is 18.0. The van der Waals surface area contributed by atoms with E-state index in [1.165, 1.54) is 0 Å². The third-order valence-corrected chi connectivity index (χ3v) is 3.98. The van der Waals surface area contributed by atoms with Crippen LogP contribution in [0.15, 0.2) is 59.4 Å². The largest absolute Gasteiger partial charge is 0.354 e. The van der Waals surface area contributed by atoms with Gasteiger partial charge in [0.1, 0.15) is 0 Å². The first-order chi connectivity index (χ1) is 10.2. The van der Waals surface area contributed by atoms with Crippen molar-refractivity contribution in [2.75, 3.05) is 0 Å². The molecular weight excluding hydrogens is 260 g/mol. The van der Waals surface area contributed by atoms with Crippen molar-refractivity contribution < 1.29 is 0 Å². The van der Waals surface area contributed by atoms with Crippen molar-refractivity contribution in [1.29, 1.82) is 0 Å². The van der Waals surface area contributed by atoms with Crippen molar-refractivity contribution in [2.24, 2.45) is 0 Å². The van der Waals surface area contributed by atoms with Gasteiger partial charge in [-0.05, 0) is 30.7 Å². The van der Waals surface area contributed by atoms with Crippen LogP contribution < -0.4 is 5.56 Å². The van der Waals surface area contributed by atoms with Crippen molar-refractivity contribution in [3.63, 3.8) is 0 Å². The third kappa shape index (κ3) is 1.78. The van der Waals surface area contributed by atoms with Gasteiger partial charge in [0.05, 0.1) is 11.3 Å². The zero-order valence-corrected chi connectivity index (χ0v) is 11.6. The molecule has 21 heavy (non-hydrogen) atoms. The lowest BCUT2D eigenvalue weighted by atomic mass is 10.0. The molecule has 102 valence electrons. The van der Waals surface area contributed by atoms with Gasteiger partial charge in [-0.2, -0.15) is 0 Å². The summed E-state index contributed by atoms with van der Waals surface area (Å²) in [5.74, 6) is 0. The Morgan fingerprint density at radius 3 is 2.38 bits per heavy atom. The van der Waals surface area contributed by atoms with Crippen LogP contribution in [0.5, 0.6) is 0 Å². The SMILES string of the molecule is Cc1c(-c2cc3ccccc3[nH]2)c(=O)[nH]c2ccccc12. The van der Waals surface area contributed by atoms with Crippen molar-refractivity contribution in [1.82, 2.24) is 9.97 Å². The van der Waals surface area contributed by atoms with Crippen molar-refractivity contribution in [3.05, 3.63) is 70.5 Å². The van der Waals surface area contributed by atoms with E-state index in [0.29, 0.717) is 5.56 Å². The van der Waals surface area contributed by atoms with Gasteiger partial charge < -0.3 is 9.97 Å². The first-order valence-electron chi connectivity index (χ1n) is 6.94. The maximum Gasteiger partial charge on any atom is 0.258 e. The van der Waals surface area contributed by atoms with E-state index in [0.717, 1.165) is 33.1 Å². The Labute approximate surface area is 121 Å². The smallest absolute Gasteiger partial charge is 0.258 e. The molecule has 0 aliphatic rings. The number of rotatable bonds is 1. The molecule has 3 nitrogen and oxygen atoms in total. The van der Waals surface area contributed by atoms with E-state index in [1.54, 1.807) is 0 Å². The van der Waals surface area contributed by atoms with Crippen LogP contribution in [-0.4, -0.2) is 9.97 Å². The van der Waals surface area contributed by atoms with Gasteiger partial charge in [0.15, 0.2) is 0 Å². The van der Waals surface area contributed by atoms with Crippen LogP contribution in [0.3, 0.4) is 0 Å². The Bertz CT molecular complexity index is 991. The number of fused-ring (bicyclic) bond motifs is 2. The molecule has 0 atom stereocenters. The molecule has 0 saturated carbocycles. The molecule has 2 aromatic heterocycles. The highest BCUT2D eigenvalue weighted by Gasteiger charge is 2.13. The van der Waals surface area contributed by atoms with Crippen molar-refractivity contribution in [2.45, 2.75) is 6.92 Å². The van der Waals surface area contributed by atoms with Gasteiger partial charge in [0.2, 0.25) is 0 Å². The lowest BCUT2D eigenvalue weighted by Gasteiger charge is -2.07. The highest BCUT2D eigenvalue weighted by molar-refractivity contribution is 5.91. The Balaban J connectivity index is 2.08. The van der Waals surface area contributed by atoms with E-state index in [-0.39, 0.29) is 5.56 Å². The summed E-state index contributed by atoms with van der Waals surface area (Å²) in [6.45, 7) is 2.00. The van der Waals surface area contributed by atoms with Crippen molar-refractivity contribution in [3.8, 4) is 11.3 Å². The Kier molecular flexibility index (Phi) is 2.48. The summed E-state index contributed by atoms with van der Waals surface area (Å²) in [5.41, 5.74) is 4.43. The highest BCUT2D eigenvalue weighted by Crippen LogP contribution is 2.27. The maximum atomic E-state index is 12.5. The minimum absolute atomic E-state index is 0.0576. The zero-order valence-electron chi connectivity index (χ0n) is 11.6. The first-order valence-corrected chi connectivity index (χ1v) is 6.94. The van der Waals surface area contributed by atoms with E-state index in [9.17, 15) is 4.79 Å². The van der Waals surface area contributed by atoms with Gasteiger partial charge in [-0.1, -0.05) is 36.4 Å². The molecule has 4 aromatic rings.